The minimum absolute atomic E-state index is 0.592. The van der Waals surface area contributed by atoms with Crippen LogP contribution in [0.15, 0.2) is 6.07 Å². The summed E-state index contributed by atoms with van der Waals surface area (Å²) in [6.45, 7) is 3.19. The highest BCUT2D eigenvalue weighted by molar-refractivity contribution is 5.69. The Morgan fingerprint density at radius 2 is 1.82 bits per heavy atom. The van der Waals surface area contributed by atoms with Crippen molar-refractivity contribution in [1.29, 1.82) is 0 Å². The Morgan fingerprint density at radius 1 is 1.12 bits per heavy atom. The quantitative estimate of drug-likeness (QED) is 0.875. The van der Waals surface area contributed by atoms with Crippen LogP contribution in [-0.2, 0) is 6.42 Å². The lowest BCUT2D eigenvalue weighted by molar-refractivity contribution is 0.321. The third kappa shape index (κ3) is 1.99. The minimum Gasteiger partial charge on any atom is -0.493 e. The van der Waals surface area contributed by atoms with Gasteiger partial charge in [0, 0.05) is 23.9 Å². The monoisotopic (exact) mass is 237 g/mol. The van der Waals surface area contributed by atoms with Crippen molar-refractivity contribution in [2.75, 3.05) is 33.2 Å². The lowest BCUT2D eigenvalue weighted by Crippen LogP contribution is -2.21. The van der Waals surface area contributed by atoms with Crippen LogP contribution in [-0.4, -0.2) is 27.9 Å². The van der Waals surface area contributed by atoms with E-state index in [0.29, 0.717) is 17.4 Å². The second-order valence-electron chi connectivity index (χ2n) is 4.36. The van der Waals surface area contributed by atoms with Crippen LogP contribution in [0, 0.1) is 5.92 Å². The fraction of sp³-hybridized carbons (Fsp3) is 0.538. The number of hydrogen-bond donors (Lipinski definition) is 1. The molecule has 4 nitrogen and oxygen atoms in total. The normalized spacial score (nSPS) is 18.0. The van der Waals surface area contributed by atoms with E-state index in [0.717, 1.165) is 24.4 Å². The van der Waals surface area contributed by atoms with Crippen molar-refractivity contribution in [1.82, 2.24) is 0 Å². The molecule has 1 aromatic rings. The average Bonchev–Trinajstić information content (AvgIpc) is 2.36. The van der Waals surface area contributed by atoms with Gasteiger partial charge in [0.1, 0.15) is 0 Å². The smallest absolute Gasteiger partial charge is 0.203 e. The van der Waals surface area contributed by atoms with E-state index in [9.17, 15) is 0 Å². The van der Waals surface area contributed by atoms with E-state index in [4.69, 9.17) is 14.2 Å². The van der Waals surface area contributed by atoms with Gasteiger partial charge in [0.2, 0.25) is 5.75 Å². The van der Waals surface area contributed by atoms with Gasteiger partial charge < -0.3 is 19.5 Å². The van der Waals surface area contributed by atoms with E-state index < -0.39 is 0 Å². The molecule has 1 unspecified atom stereocenters. The molecule has 4 heteroatoms. The molecule has 0 aliphatic carbocycles. The number of nitrogens with one attached hydrogen (secondary N) is 1. The molecule has 0 saturated heterocycles. The van der Waals surface area contributed by atoms with E-state index in [1.165, 1.54) is 5.56 Å². The van der Waals surface area contributed by atoms with E-state index in [-0.39, 0.29) is 0 Å². The zero-order valence-corrected chi connectivity index (χ0v) is 10.8. The highest BCUT2D eigenvalue weighted by Gasteiger charge is 2.24. The predicted octanol–water partition coefficient (Wildman–Crippen LogP) is 2.32. The maximum atomic E-state index is 5.48. The molecule has 0 saturated carbocycles. The summed E-state index contributed by atoms with van der Waals surface area (Å²) in [5.74, 6) is 2.74. The molecule has 0 amide bonds. The van der Waals surface area contributed by atoms with Crippen LogP contribution in [0.4, 0.5) is 5.69 Å². The highest BCUT2D eigenvalue weighted by Crippen LogP contribution is 2.46. The number of ether oxygens (including phenoxy) is 3. The Morgan fingerprint density at radius 3 is 2.41 bits per heavy atom. The lowest BCUT2D eigenvalue weighted by atomic mass is 9.94. The predicted molar refractivity (Wildman–Crippen MR) is 67.5 cm³/mol. The molecule has 0 spiro atoms. The first kappa shape index (κ1) is 11.9. The summed E-state index contributed by atoms with van der Waals surface area (Å²) in [4.78, 5) is 0. The largest absolute Gasteiger partial charge is 0.493 e. The fourth-order valence-electron chi connectivity index (χ4n) is 2.28. The molecule has 1 N–H and O–H groups in total. The summed E-state index contributed by atoms with van der Waals surface area (Å²) in [6, 6.07) is 1.97. The SMILES string of the molecule is COc1cc2c(c(OC)c1OC)CC(C)CN2. The van der Waals surface area contributed by atoms with Gasteiger partial charge in [-0.3, -0.25) is 0 Å². The van der Waals surface area contributed by atoms with Gasteiger partial charge in [0.25, 0.3) is 0 Å². The van der Waals surface area contributed by atoms with Crippen LogP contribution < -0.4 is 19.5 Å². The standard InChI is InChI=1S/C13H19NO3/c1-8-5-9-10(14-7-8)6-11(15-2)13(17-4)12(9)16-3/h6,8,14H,5,7H2,1-4H3. The van der Waals surface area contributed by atoms with Crippen LogP contribution in [0.3, 0.4) is 0 Å². The average molecular weight is 237 g/mol. The van der Waals surface area contributed by atoms with Crippen LogP contribution in [0.1, 0.15) is 12.5 Å². The molecule has 1 aliphatic heterocycles. The van der Waals surface area contributed by atoms with Gasteiger partial charge in [0.05, 0.1) is 21.3 Å². The van der Waals surface area contributed by atoms with Gasteiger partial charge in [-0.05, 0) is 12.3 Å². The first-order chi connectivity index (χ1) is 8.21. The van der Waals surface area contributed by atoms with Crippen LogP contribution in [0.5, 0.6) is 17.2 Å². The second-order valence-corrected chi connectivity index (χ2v) is 4.36. The van der Waals surface area contributed by atoms with E-state index >= 15 is 0 Å². The lowest BCUT2D eigenvalue weighted by Gasteiger charge is -2.27. The Kier molecular flexibility index (Phi) is 3.31. The molecule has 1 heterocycles. The Balaban J connectivity index is 2.58. The topological polar surface area (TPSA) is 39.7 Å². The molecule has 2 rings (SSSR count). The molecule has 1 aliphatic rings. The molecule has 94 valence electrons. The second kappa shape index (κ2) is 4.73. The summed E-state index contributed by atoms with van der Waals surface area (Å²) in [5.41, 5.74) is 2.25. The van der Waals surface area contributed by atoms with Crippen molar-refractivity contribution in [2.24, 2.45) is 5.92 Å². The van der Waals surface area contributed by atoms with Crippen molar-refractivity contribution in [3.63, 3.8) is 0 Å². The highest BCUT2D eigenvalue weighted by atomic mass is 16.5. The number of methoxy groups -OCH3 is 3. The number of benzene rings is 1. The minimum atomic E-state index is 0.592. The fourth-order valence-corrected chi connectivity index (χ4v) is 2.28. The third-order valence-corrected chi connectivity index (χ3v) is 3.13. The maximum Gasteiger partial charge on any atom is 0.203 e. The molecule has 0 aromatic heterocycles. The summed E-state index contributed by atoms with van der Waals surface area (Å²) in [6.07, 6.45) is 0.992. The van der Waals surface area contributed by atoms with Gasteiger partial charge in [-0.1, -0.05) is 6.92 Å². The third-order valence-electron chi connectivity index (χ3n) is 3.13. The molecule has 1 atom stereocenters. The molecule has 1 aromatic carbocycles. The summed E-state index contributed by atoms with van der Waals surface area (Å²) in [5, 5.41) is 3.40. The number of rotatable bonds is 3. The maximum absolute atomic E-state index is 5.48. The first-order valence-electron chi connectivity index (χ1n) is 5.77. The van der Waals surface area contributed by atoms with E-state index in [1.807, 2.05) is 6.07 Å². The Labute approximate surface area is 102 Å². The van der Waals surface area contributed by atoms with Crippen molar-refractivity contribution in [3.8, 4) is 17.2 Å². The van der Waals surface area contributed by atoms with Gasteiger partial charge in [0.15, 0.2) is 11.5 Å². The van der Waals surface area contributed by atoms with Crippen LogP contribution in [0.25, 0.3) is 0 Å². The summed E-state index contributed by atoms with van der Waals surface area (Å²) < 4.78 is 16.2. The van der Waals surface area contributed by atoms with Gasteiger partial charge >= 0.3 is 0 Å². The molecule has 0 radical (unpaired) electrons. The Bertz CT molecular complexity index is 418. The van der Waals surface area contributed by atoms with Gasteiger partial charge in [-0.2, -0.15) is 0 Å². The Hall–Kier alpha value is -1.58. The van der Waals surface area contributed by atoms with E-state index in [1.54, 1.807) is 21.3 Å². The van der Waals surface area contributed by atoms with E-state index in [2.05, 4.69) is 12.2 Å². The number of hydrogen-bond acceptors (Lipinski definition) is 4. The zero-order valence-electron chi connectivity index (χ0n) is 10.8. The molecular formula is C13H19NO3. The summed E-state index contributed by atoms with van der Waals surface area (Å²) >= 11 is 0. The zero-order chi connectivity index (χ0) is 12.4. The molecule has 17 heavy (non-hydrogen) atoms. The van der Waals surface area contributed by atoms with Crippen molar-refractivity contribution < 1.29 is 14.2 Å². The van der Waals surface area contributed by atoms with Crippen molar-refractivity contribution in [3.05, 3.63) is 11.6 Å². The molecule has 0 fully saturated rings. The van der Waals surface area contributed by atoms with Gasteiger partial charge in [-0.25, -0.2) is 0 Å². The van der Waals surface area contributed by atoms with Crippen LogP contribution >= 0.6 is 0 Å². The van der Waals surface area contributed by atoms with Crippen LogP contribution in [0.2, 0.25) is 0 Å². The van der Waals surface area contributed by atoms with Crippen molar-refractivity contribution in [2.45, 2.75) is 13.3 Å². The number of anilines is 1. The molecule has 0 bridgehead atoms. The van der Waals surface area contributed by atoms with Gasteiger partial charge in [-0.15, -0.1) is 0 Å². The summed E-state index contributed by atoms with van der Waals surface area (Å²) in [7, 11) is 4.93. The first-order valence-corrected chi connectivity index (χ1v) is 5.77. The number of fused-ring (bicyclic) bond motifs is 1. The van der Waals surface area contributed by atoms with Crippen molar-refractivity contribution >= 4 is 5.69 Å². The molecular weight excluding hydrogens is 218 g/mol.